The normalized spacial score (nSPS) is 16.2. The van der Waals surface area contributed by atoms with Crippen molar-refractivity contribution in [2.75, 3.05) is 31.7 Å². The molecule has 0 atom stereocenters. The largest absolute Gasteiger partial charge is 0.380 e. The van der Waals surface area contributed by atoms with Gasteiger partial charge in [0.05, 0.1) is 17.9 Å². The number of benzene rings is 1. The number of nitrogens with one attached hydrogen (secondary N) is 1. The fourth-order valence-electron chi connectivity index (χ4n) is 1.94. The first kappa shape index (κ1) is 13.1. The molecule has 1 saturated heterocycles. The molecule has 2 rings (SSSR count). The van der Waals surface area contributed by atoms with Crippen LogP contribution in [-0.4, -0.2) is 37.1 Å². The first-order valence-corrected chi connectivity index (χ1v) is 6.23. The Hall–Kier alpha value is -1.30. The van der Waals surface area contributed by atoms with Crippen LogP contribution < -0.4 is 11.3 Å². The van der Waals surface area contributed by atoms with E-state index in [0.717, 1.165) is 6.42 Å². The number of hydrogen-bond acceptors (Lipinski definition) is 4. The maximum atomic E-state index is 12.4. The molecular formula is C12H16ClN3O2. The standard InChI is InChI=1S/C12H16ClN3O2/c13-9-2-3-11(15-14)10(8-9)12(17)16-4-1-6-18-7-5-16/h2-3,8,15H,1,4-7,14H2. The van der Waals surface area contributed by atoms with Crippen LogP contribution in [0.4, 0.5) is 5.69 Å². The highest BCUT2D eigenvalue weighted by Crippen LogP contribution is 2.22. The molecule has 1 heterocycles. The molecule has 5 nitrogen and oxygen atoms in total. The average Bonchev–Trinajstić information content (AvgIpc) is 2.66. The molecule has 1 aliphatic rings. The molecule has 0 bridgehead atoms. The number of nitrogens with zero attached hydrogens (tertiary/aromatic N) is 1. The summed E-state index contributed by atoms with van der Waals surface area (Å²) >= 11 is 5.93. The molecule has 0 radical (unpaired) electrons. The first-order valence-electron chi connectivity index (χ1n) is 5.85. The fraction of sp³-hybridized carbons (Fsp3) is 0.417. The Bertz CT molecular complexity index is 431. The Morgan fingerprint density at radius 2 is 2.22 bits per heavy atom. The summed E-state index contributed by atoms with van der Waals surface area (Å²) in [5.74, 6) is 5.34. The number of carbonyl (C=O) groups is 1. The number of anilines is 1. The van der Waals surface area contributed by atoms with Gasteiger partial charge in [-0.1, -0.05) is 11.6 Å². The van der Waals surface area contributed by atoms with E-state index in [9.17, 15) is 4.79 Å². The second kappa shape index (κ2) is 6.04. The Morgan fingerprint density at radius 3 is 3.00 bits per heavy atom. The van der Waals surface area contributed by atoms with Gasteiger partial charge in [-0.15, -0.1) is 0 Å². The lowest BCUT2D eigenvalue weighted by Crippen LogP contribution is -2.34. The Labute approximate surface area is 111 Å². The molecule has 0 aromatic heterocycles. The quantitative estimate of drug-likeness (QED) is 0.631. The SMILES string of the molecule is NNc1ccc(Cl)cc1C(=O)N1CCCOCC1. The molecule has 0 aliphatic carbocycles. The van der Waals surface area contributed by atoms with E-state index in [1.807, 2.05) is 0 Å². The summed E-state index contributed by atoms with van der Waals surface area (Å²) in [6, 6.07) is 5.02. The molecule has 98 valence electrons. The van der Waals surface area contributed by atoms with Gasteiger partial charge in [0.2, 0.25) is 0 Å². The zero-order chi connectivity index (χ0) is 13.0. The minimum atomic E-state index is -0.0732. The van der Waals surface area contributed by atoms with Crippen LogP contribution >= 0.6 is 11.6 Å². The monoisotopic (exact) mass is 269 g/mol. The molecule has 1 aromatic carbocycles. The summed E-state index contributed by atoms with van der Waals surface area (Å²) in [6.45, 7) is 2.55. The van der Waals surface area contributed by atoms with E-state index in [0.29, 0.717) is 42.6 Å². The van der Waals surface area contributed by atoms with Crippen LogP contribution in [0, 0.1) is 0 Å². The predicted molar refractivity (Wildman–Crippen MR) is 70.6 cm³/mol. The van der Waals surface area contributed by atoms with Crippen molar-refractivity contribution in [1.82, 2.24) is 4.90 Å². The number of hydrogen-bond donors (Lipinski definition) is 2. The van der Waals surface area contributed by atoms with Gasteiger partial charge in [-0.2, -0.15) is 0 Å². The molecule has 1 amide bonds. The summed E-state index contributed by atoms with van der Waals surface area (Å²) in [7, 11) is 0. The number of halogens is 1. The zero-order valence-electron chi connectivity index (χ0n) is 9.99. The van der Waals surface area contributed by atoms with Crippen molar-refractivity contribution in [2.24, 2.45) is 5.84 Å². The predicted octanol–water partition coefficient (Wildman–Crippen LogP) is 1.49. The molecule has 6 heteroatoms. The van der Waals surface area contributed by atoms with Gasteiger partial charge in [-0.25, -0.2) is 0 Å². The van der Waals surface area contributed by atoms with E-state index in [-0.39, 0.29) is 5.91 Å². The van der Waals surface area contributed by atoms with Crippen molar-refractivity contribution >= 4 is 23.2 Å². The third kappa shape index (κ3) is 2.93. The molecule has 0 unspecified atom stereocenters. The van der Waals surface area contributed by atoms with Gasteiger partial charge in [0.1, 0.15) is 0 Å². The fourth-order valence-corrected chi connectivity index (χ4v) is 2.11. The molecule has 18 heavy (non-hydrogen) atoms. The van der Waals surface area contributed by atoms with Crippen molar-refractivity contribution in [3.63, 3.8) is 0 Å². The van der Waals surface area contributed by atoms with Gasteiger partial charge in [0, 0.05) is 24.7 Å². The highest BCUT2D eigenvalue weighted by molar-refractivity contribution is 6.31. The lowest BCUT2D eigenvalue weighted by Gasteiger charge is -2.21. The summed E-state index contributed by atoms with van der Waals surface area (Å²) in [4.78, 5) is 14.2. The second-order valence-corrected chi connectivity index (χ2v) is 4.53. The molecule has 0 saturated carbocycles. The van der Waals surface area contributed by atoms with Gasteiger partial charge in [-0.05, 0) is 24.6 Å². The van der Waals surface area contributed by atoms with E-state index < -0.39 is 0 Å². The Morgan fingerprint density at radius 1 is 1.39 bits per heavy atom. The van der Waals surface area contributed by atoms with Gasteiger partial charge in [0.15, 0.2) is 0 Å². The summed E-state index contributed by atoms with van der Waals surface area (Å²) in [6.07, 6.45) is 0.845. The van der Waals surface area contributed by atoms with E-state index >= 15 is 0 Å². The van der Waals surface area contributed by atoms with E-state index in [1.54, 1.807) is 23.1 Å². The number of carbonyl (C=O) groups excluding carboxylic acids is 1. The molecule has 1 aliphatic heterocycles. The van der Waals surface area contributed by atoms with Crippen molar-refractivity contribution in [3.05, 3.63) is 28.8 Å². The van der Waals surface area contributed by atoms with Crippen LogP contribution in [0.3, 0.4) is 0 Å². The van der Waals surface area contributed by atoms with Crippen molar-refractivity contribution < 1.29 is 9.53 Å². The van der Waals surface area contributed by atoms with E-state index in [4.69, 9.17) is 22.2 Å². The third-order valence-electron chi connectivity index (χ3n) is 2.88. The van der Waals surface area contributed by atoms with Gasteiger partial charge >= 0.3 is 0 Å². The smallest absolute Gasteiger partial charge is 0.256 e. The van der Waals surface area contributed by atoms with Gasteiger partial charge in [-0.3, -0.25) is 10.6 Å². The van der Waals surface area contributed by atoms with E-state index in [2.05, 4.69) is 5.43 Å². The second-order valence-electron chi connectivity index (χ2n) is 4.09. The van der Waals surface area contributed by atoms with Crippen LogP contribution in [0.2, 0.25) is 5.02 Å². The van der Waals surface area contributed by atoms with Crippen LogP contribution in [0.15, 0.2) is 18.2 Å². The zero-order valence-corrected chi connectivity index (χ0v) is 10.7. The summed E-state index contributed by atoms with van der Waals surface area (Å²) in [5.41, 5.74) is 3.59. The lowest BCUT2D eigenvalue weighted by molar-refractivity contribution is 0.0742. The molecule has 1 aromatic rings. The first-order chi connectivity index (χ1) is 8.72. The van der Waals surface area contributed by atoms with Crippen LogP contribution in [0.25, 0.3) is 0 Å². The lowest BCUT2D eigenvalue weighted by atomic mass is 10.1. The highest BCUT2D eigenvalue weighted by Gasteiger charge is 2.20. The van der Waals surface area contributed by atoms with Crippen LogP contribution in [0.1, 0.15) is 16.8 Å². The third-order valence-corrected chi connectivity index (χ3v) is 3.11. The maximum absolute atomic E-state index is 12.4. The van der Waals surface area contributed by atoms with E-state index in [1.165, 1.54) is 0 Å². The average molecular weight is 270 g/mol. The minimum Gasteiger partial charge on any atom is -0.380 e. The topological polar surface area (TPSA) is 67.6 Å². The van der Waals surface area contributed by atoms with Crippen molar-refractivity contribution in [3.8, 4) is 0 Å². The molecule has 1 fully saturated rings. The van der Waals surface area contributed by atoms with Gasteiger partial charge < -0.3 is 15.1 Å². The molecule has 0 spiro atoms. The highest BCUT2D eigenvalue weighted by atomic mass is 35.5. The number of ether oxygens (including phenoxy) is 1. The number of rotatable bonds is 2. The number of amides is 1. The maximum Gasteiger partial charge on any atom is 0.256 e. The van der Waals surface area contributed by atoms with Crippen LogP contribution in [-0.2, 0) is 4.74 Å². The van der Waals surface area contributed by atoms with Crippen LogP contribution in [0.5, 0.6) is 0 Å². The number of hydrazine groups is 1. The molecular weight excluding hydrogens is 254 g/mol. The summed E-state index contributed by atoms with van der Waals surface area (Å²) < 4.78 is 5.33. The minimum absolute atomic E-state index is 0.0732. The Kier molecular flexibility index (Phi) is 4.41. The molecule has 3 N–H and O–H groups in total. The van der Waals surface area contributed by atoms with Crippen molar-refractivity contribution in [2.45, 2.75) is 6.42 Å². The Balaban J connectivity index is 2.23. The number of nitrogens with two attached hydrogens (primary N) is 1. The van der Waals surface area contributed by atoms with Crippen molar-refractivity contribution in [1.29, 1.82) is 0 Å². The van der Waals surface area contributed by atoms with Gasteiger partial charge in [0.25, 0.3) is 5.91 Å². The summed E-state index contributed by atoms with van der Waals surface area (Å²) in [5, 5.41) is 0.517. The number of nitrogen functional groups attached to an aromatic ring is 1.